The van der Waals surface area contributed by atoms with Gasteiger partial charge in [-0.25, -0.2) is 0 Å². The number of benzene rings is 1. The lowest BCUT2D eigenvalue weighted by Crippen LogP contribution is -2.35. The Morgan fingerprint density at radius 3 is 2.50 bits per heavy atom. The molecule has 0 aliphatic carbocycles. The van der Waals surface area contributed by atoms with Gasteiger partial charge in [-0.3, -0.25) is 0 Å². The van der Waals surface area contributed by atoms with Gasteiger partial charge >= 0.3 is 0 Å². The molecule has 0 heterocycles. The van der Waals surface area contributed by atoms with Crippen molar-refractivity contribution < 1.29 is 9.84 Å². The molecule has 1 rings (SSSR count). The Morgan fingerprint density at radius 2 is 1.94 bits per heavy atom. The summed E-state index contributed by atoms with van der Waals surface area (Å²) in [7, 11) is 0. The summed E-state index contributed by atoms with van der Waals surface area (Å²) in [5.74, 6) is 0.850. The van der Waals surface area contributed by atoms with Crippen molar-refractivity contribution in [1.29, 1.82) is 0 Å². The van der Waals surface area contributed by atoms with Gasteiger partial charge in [-0.15, -0.1) is 0 Å². The Kier molecular flexibility index (Phi) is 6.16. The van der Waals surface area contributed by atoms with Gasteiger partial charge in [-0.05, 0) is 37.5 Å². The molecular weight excluding hydrogens is 226 g/mol. The van der Waals surface area contributed by atoms with Crippen LogP contribution in [0.2, 0.25) is 0 Å². The van der Waals surface area contributed by atoms with Gasteiger partial charge in [0.15, 0.2) is 0 Å². The van der Waals surface area contributed by atoms with Crippen molar-refractivity contribution in [3.05, 3.63) is 29.8 Å². The average molecular weight is 251 g/mol. The van der Waals surface area contributed by atoms with E-state index >= 15 is 0 Å². The lowest BCUT2D eigenvalue weighted by atomic mass is 10.0. The van der Waals surface area contributed by atoms with Gasteiger partial charge in [0.25, 0.3) is 0 Å². The zero-order valence-corrected chi connectivity index (χ0v) is 11.5. The summed E-state index contributed by atoms with van der Waals surface area (Å²) < 4.78 is 5.59. The van der Waals surface area contributed by atoms with Crippen molar-refractivity contribution in [2.75, 3.05) is 13.2 Å². The second-order valence-electron chi connectivity index (χ2n) is 5.05. The second-order valence-corrected chi connectivity index (χ2v) is 5.05. The third-order valence-electron chi connectivity index (χ3n) is 3.09. The van der Waals surface area contributed by atoms with E-state index in [-0.39, 0.29) is 6.54 Å². The van der Waals surface area contributed by atoms with Gasteiger partial charge in [0.2, 0.25) is 0 Å². The number of hydrogen-bond acceptors (Lipinski definition) is 3. The van der Waals surface area contributed by atoms with E-state index in [1.807, 2.05) is 12.1 Å². The van der Waals surface area contributed by atoms with E-state index < -0.39 is 5.60 Å². The fourth-order valence-electron chi connectivity index (χ4n) is 1.62. The molecule has 1 atom stereocenters. The third-order valence-corrected chi connectivity index (χ3v) is 3.09. The van der Waals surface area contributed by atoms with Crippen LogP contribution in [0.1, 0.15) is 38.7 Å². The largest absolute Gasteiger partial charge is 0.493 e. The fraction of sp³-hybridized carbons (Fsp3) is 0.600. The molecule has 0 fully saturated rings. The molecule has 0 aliphatic rings. The lowest BCUT2D eigenvalue weighted by Gasteiger charge is -2.20. The van der Waals surface area contributed by atoms with E-state index in [0.29, 0.717) is 13.0 Å². The fourth-order valence-corrected chi connectivity index (χ4v) is 1.62. The van der Waals surface area contributed by atoms with Gasteiger partial charge in [0.05, 0.1) is 12.2 Å². The maximum absolute atomic E-state index is 9.74. The smallest absolute Gasteiger partial charge is 0.119 e. The molecule has 0 aromatic heterocycles. The molecule has 1 aromatic carbocycles. The van der Waals surface area contributed by atoms with Gasteiger partial charge < -0.3 is 15.6 Å². The number of ether oxygens (including phenoxy) is 1. The highest BCUT2D eigenvalue weighted by Gasteiger charge is 2.17. The molecule has 0 spiro atoms. The summed E-state index contributed by atoms with van der Waals surface area (Å²) in [6, 6.07) is 8.18. The van der Waals surface area contributed by atoms with Gasteiger partial charge in [-0.1, -0.05) is 25.5 Å². The van der Waals surface area contributed by atoms with Gasteiger partial charge in [0, 0.05) is 13.0 Å². The standard InChI is InChI=1S/C15H25NO2/c1-3-4-5-13-6-8-14(9-7-13)18-11-10-15(2,17)12-16/h6-9,17H,3-5,10-12,16H2,1-2H3. The number of unbranched alkanes of at least 4 members (excludes halogenated alkanes) is 1. The summed E-state index contributed by atoms with van der Waals surface area (Å²) in [5, 5.41) is 9.74. The first-order valence-corrected chi connectivity index (χ1v) is 6.71. The third kappa shape index (κ3) is 5.52. The van der Waals surface area contributed by atoms with Gasteiger partial charge in [-0.2, -0.15) is 0 Å². The summed E-state index contributed by atoms with van der Waals surface area (Å²) in [6.45, 7) is 4.66. The average Bonchev–Trinajstić information content (AvgIpc) is 2.38. The van der Waals surface area contributed by atoms with Crippen LogP contribution in [0.5, 0.6) is 5.75 Å². The molecule has 3 heteroatoms. The van der Waals surface area contributed by atoms with E-state index in [1.54, 1.807) is 6.92 Å². The first-order valence-electron chi connectivity index (χ1n) is 6.71. The predicted molar refractivity (Wildman–Crippen MR) is 74.8 cm³/mol. The van der Waals surface area contributed by atoms with Crippen LogP contribution in [0.4, 0.5) is 0 Å². The van der Waals surface area contributed by atoms with E-state index in [1.165, 1.54) is 18.4 Å². The van der Waals surface area contributed by atoms with Crippen LogP contribution in [-0.4, -0.2) is 23.9 Å². The van der Waals surface area contributed by atoms with Crippen LogP contribution < -0.4 is 10.5 Å². The van der Waals surface area contributed by atoms with Crippen molar-refractivity contribution in [2.45, 2.75) is 45.1 Å². The number of aryl methyl sites for hydroxylation is 1. The Labute approximate surface area is 110 Å². The van der Waals surface area contributed by atoms with Crippen LogP contribution >= 0.6 is 0 Å². The summed E-state index contributed by atoms with van der Waals surface area (Å²) in [5.41, 5.74) is 5.96. The molecule has 0 amide bonds. The lowest BCUT2D eigenvalue weighted by molar-refractivity contribution is 0.0453. The van der Waals surface area contributed by atoms with E-state index in [9.17, 15) is 5.11 Å². The molecule has 0 radical (unpaired) electrons. The minimum absolute atomic E-state index is 0.256. The molecule has 0 saturated carbocycles. The summed E-state index contributed by atoms with van der Waals surface area (Å²) in [4.78, 5) is 0. The maximum atomic E-state index is 9.74. The number of hydrogen-bond donors (Lipinski definition) is 2. The van der Waals surface area contributed by atoms with E-state index in [2.05, 4.69) is 19.1 Å². The van der Waals surface area contributed by atoms with E-state index in [0.717, 1.165) is 12.2 Å². The molecule has 3 N–H and O–H groups in total. The van der Waals surface area contributed by atoms with Crippen LogP contribution in [-0.2, 0) is 6.42 Å². The van der Waals surface area contributed by atoms with E-state index in [4.69, 9.17) is 10.5 Å². The van der Waals surface area contributed by atoms with Crippen LogP contribution in [0.25, 0.3) is 0 Å². The molecule has 102 valence electrons. The summed E-state index contributed by atoms with van der Waals surface area (Å²) in [6.07, 6.45) is 4.10. The normalized spacial score (nSPS) is 14.2. The molecule has 0 bridgehead atoms. The van der Waals surface area contributed by atoms with Crippen molar-refractivity contribution in [2.24, 2.45) is 5.73 Å². The zero-order chi connectivity index (χ0) is 13.4. The minimum Gasteiger partial charge on any atom is -0.493 e. The Morgan fingerprint density at radius 1 is 1.28 bits per heavy atom. The second kappa shape index (κ2) is 7.39. The van der Waals surface area contributed by atoms with Crippen LogP contribution in [0.15, 0.2) is 24.3 Å². The van der Waals surface area contributed by atoms with Crippen LogP contribution in [0.3, 0.4) is 0 Å². The topological polar surface area (TPSA) is 55.5 Å². The van der Waals surface area contributed by atoms with Crippen molar-refractivity contribution in [1.82, 2.24) is 0 Å². The molecule has 18 heavy (non-hydrogen) atoms. The number of nitrogens with two attached hydrogens (primary N) is 1. The SMILES string of the molecule is CCCCc1ccc(OCCC(C)(O)CN)cc1. The Bertz CT molecular complexity index is 333. The minimum atomic E-state index is -0.832. The molecule has 1 aromatic rings. The Balaban J connectivity index is 2.35. The first-order chi connectivity index (χ1) is 8.57. The highest BCUT2D eigenvalue weighted by atomic mass is 16.5. The predicted octanol–water partition coefficient (Wildman–Crippen LogP) is 2.51. The quantitative estimate of drug-likeness (QED) is 0.746. The highest BCUT2D eigenvalue weighted by molar-refractivity contribution is 5.27. The van der Waals surface area contributed by atoms with Crippen molar-refractivity contribution in [3.8, 4) is 5.75 Å². The van der Waals surface area contributed by atoms with Crippen molar-refractivity contribution in [3.63, 3.8) is 0 Å². The molecule has 3 nitrogen and oxygen atoms in total. The maximum Gasteiger partial charge on any atom is 0.119 e. The number of aliphatic hydroxyl groups is 1. The first kappa shape index (κ1) is 15.0. The summed E-state index contributed by atoms with van der Waals surface area (Å²) >= 11 is 0. The number of rotatable bonds is 8. The van der Waals surface area contributed by atoms with Crippen LogP contribution in [0, 0.1) is 0 Å². The molecule has 0 saturated heterocycles. The molecule has 0 aliphatic heterocycles. The zero-order valence-electron chi connectivity index (χ0n) is 11.5. The molecular formula is C15H25NO2. The highest BCUT2D eigenvalue weighted by Crippen LogP contribution is 2.15. The van der Waals surface area contributed by atoms with Gasteiger partial charge in [0.1, 0.15) is 5.75 Å². The molecule has 1 unspecified atom stereocenters. The van der Waals surface area contributed by atoms with Crippen molar-refractivity contribution >= 4 is 0 Å². The monoisotopic (exact) mass is 251 g/mol. The Hall–Kier alpha value is -1.06.